The quantitative estimate of drug-likeness (QED) is 0.472. The van der Waals surface area contributed by atoms with Crippen LogP contribution in [0.3, 0.4) is 0 Å². The number of nitrogens with zero attached hydrogens (tertiary/aromatic N) is 2. The van der Waals surface area contributed by atoms with Crippen LogP contribution in [0.1, 0.15) is 28.6 Å². The first kappa shape index (κ1) is 19.0. The second-order valence-electron chi connectivity index (χ2n) is 6.53. The number of ether oxygens (including phenoxy) is 1. The van der Waals surface area contributed by atoms with Crippen molar-refractivity contribution in [2.45, 2.75) is 20.8 Å². The Hall–Kier alpha value is -3.32. The minimum atomic E-state index is -0.449. The minimum absolute atomic E-state index is 0.183. The Bertz CT molecular complexity index is 1190. The highest BCUT2D eigenvalue weighted by Gasteiger charge is 2.22. The van der Waals surface area contributed by atoms with Crippen molar-refractivity contribution in [3.8, 4) is 17.0 Å². The summed E-state index contributed by atoms with van der Waals surface area (Å²) in [4.78, 5) is 12.8. The molecule has 29 heavy (non-hydrogen) atoms. The molecule has 2 aromatic carbocycles. The van der Waals surface area contributed by atoms with Gasteiger partial charge in [-0.3, -0.25) is 10.1 Å². The van der Waals surface area contributed by atoms with Crippen LogP contribution < -0.4 is 10.1 Å². The molecule has 0 radical (unpaired) electrons. The molecule has 8 heteroatoms. The first-order valence-corrected chi connectivity index (χ1v) is 9.42. The van der Waals surface area contributed by atoms with Gasteiger partial charge in [-0.15, -0.1) is 0 Å². The molecule has 0 fully saturated rings. The summed E-state index contributed by atoms with van der Waals surface area (Å²) in [5, 5.41) is 11.8. The molecule has 0 atom stereocenters. The third kappa shape index (κ3) is 3.56. The molecule has 4 rings (SSSR count). The molecule has 0 aliphatic carbocycles. The number of carbonyl (C=O) groups excluding carboxylic acids is 1. The number of hydrogen-bond donors (Lipinski definition) is 1. The first-order chi connectivity index (χ1) is 14.0. The lowest BCUT2D eigenvalue weighted by Crippen LogP contribution is -2.13. The highest BCUT2D eigenvalue weighted by molar-refractivity contribution is 6.32. The van der Waals surface area contributed by atoms with Crippen molar-refractivity contribution in [2.75, 3.05) is 11.9 Å². The number of aryl methyl sites for hydroxylation is 2. The number of halogens is 1. The second-order valence-corrected chi connectivity index (χ2v) is 6.93. The lowest BCUT2D eigenvalue weighted by molar-refractivity contribution is 0.0997. The lowest BCUT2D eigenvalue weighted by Gasteiger charge is -2.04. The van der Waals surface area contributed by atoms with Crippen LogP contribution in [-0.2, 0) is 0 Å². The van der Waals surface area contributed by atoms with Crippen LogP contribution in [0.4, 0.5) is 5.82 Å². The summed E-state index contributed by atoms with van der Waals surface area (Å²) in [6.07, 6.45) is 0. The molecular formula is C21H18ClN3O4. The molecule has 7 nitrogen and oxygen atoms in total. The topological polar surface area (TPSA) is 90.4 Å². The summed E-state index contributed by atoms with van der Waals surface area (Å²) < 4.78 is 16.0. The van der Waals surface area contributed by atoms with E-state index < -0.39 is 5.91 Å². The van der Waals surface area contributed by atoms with Crippen LogP contribution in [0.25, 0.3) is 22.2 Å². The summed E-state index contributed by atoms with van der Waals surface area (Å²) in [5.41, 5.74) is 3.30. The molecule has 1 N–H and O–H groups in total. The zero-order valence-corrected chi connectivity index (χ0v) is 16.8. The van der Waals surface area contributed by atoms with Gasteiger partial charge in [0.15, 0.2) is 11.5 Å². The number of fused-ring (bicyclic) bond motifs is 1. The van der Waals surface area contributed by atoms with E-state index in [2.05, 4.69) is 15.6 Å². The third-order valence-corrected chi connectivity index (χ3v) is 4.99. The maximum absolute atomic E-state index is 12.8. The number of furan rings is 1. The van der Waals surface area contributed by atoms with Crippen molar-refractivity contribution in [3.05, 3.63) is 58.3 Å². The van der Waals surface area contributed by atoms with Gasteiger partial charge in [0.25, 0.3) is 5.91 Å². The smallest absolute Gasteiger partial charge is 0.292 e. The van der Waals surface area contributed by atoms with Crippen molar-refractivity contribution in [1.82, 2.24) is 10.3 Å². The van der Waals surface area contributed by atoms with E-state index >= 15 is 0 Å². The fraction of sp³-hybridized carbons (Fsp3) is 0.190. The maximum Gasteiger partial charge on any atom is 0.292 e. The summed E-state index contributed by atoms with van der Waals surface area (Å²) in [5.74, 6) is 0.677. The molecule has 0 aliphatic heterocycles. The lowest BCUT2D eigenvalue weighted by atomic mass is 10.1. The second kappa shape index (κ2) is 7.60. The van der Waals surface area contributed by atoms with E-state index in [-0.39, 0.29) is 11.6 Å². The molecule has 148 valence electrons. The average molecular weight is 412 g/mol. The van der Waals surface area contributed by atoms with Gasteiger partial charge in [0, 0.05) is 21.5 Å². The maximum atomic E-state index is 12.8. The largest absolute Gasteiger partial charge is 0.494 e. The van der Waals surface area contributed by atoms with E-state index in [0.29, 0.717) is 28.5 Å². The molecule has 0 saturated heterocycles. The summed E-state index contributed by atoms with van der Waals surface area (Å²) in [7, 11) is 0. The van der Waals surface area contributed by atoms with Gasteiger partial charge in [0.05, 0.1) is 6.61 Å². The van der Waals surface area contributed by atoms with Gasteiger partial charge in [-0.2, -0.15) is 0 Å². The Morgan fingerprint density at radius 3 is 2.66 bits per heavy atom. The molecule has 2 heterocycles. The summed E-state index contributed by atoms with van der Waals surface area (Å²) in [6.45, 7) is 6.18. The van der Waals surface area contributed by atoms with Crippen LogP contribution in [-0.4, -0.2) is 22.8 Å². The number of carbonyl (C=O) groups is 1. The van der Waals surface area contributed by atoms with Crippen LogP contribution in [0.5, 0.6) is 5.75 Å². The molecule has 0 aliphatic rings. The number of hydrogen-bond acceptors (Lipinski definition) is 6. The van der Waals surface area contributed by atoms with Crippen molar-refractivity contribution < 1.29 is 18.6 Å². The Kier molecular flexibility index (Phi) is 4.98. The molecule has 0 spiro atoms. The number of rotatable bonds is 5. The highest BCUT2D eigenvalue weighted by Crippen LogP contribution is 2.31. The van der Waals surface area contributed by atoms with Crippen LogP contribution in [0, 0.1) is 13.8 Å². The minimum Gasteiger partial charge on any atom is -0.494 e. The van der Waals surface area contributed by atoms with E-state index in [4.69, 9.17) is 25.4 Å². The molecule has 0 saturated carbocycles. The SMILES string of the molecule is CCOc1ccc(-c2nonc2NC(=O)c2oc3cc(C)c(Cl)cc3c2C)cc1. The number of nitrogens with one attached hydrogen (secondary N) is 1. The fourth-order valence-corrected chi connectivity index (χ4v) is 3.22. The van der Waals surface area contributed by atoms with E-state index in [0.717, 1.165) is 22.3 Å². The Morgan fingerprint density at radius 2 is 1.93 bits per heavy atom. The van der Waals surface area contributed by atoms with E-state index in [9.17, 15) is 4.79 Å². The van der Waals surface area contributed by atoms with Crippen molar-refractivity contribution in [3.63, 3.8) is 0 Å². The summed E-state index contributed by atoms with van der Waals surface area (Å²) in [6, 6.07) is 10.9. The molecule has 0 bridgehead atoms. The van der Waals surface area contributed by atoms with Gasteiger partial charge in [-0.1, -0.05) is 11.6 Å². The molecule has 0 unspecified atom stereocenters. The number of benzene rings is 2. The Labute approximate surface area is 171 Å². The van der Waals surface area contributed by atoms with Gasteiger partial charge in [0.2, 0.25) is 5.82 Å². The average Bonchev–Trinajstić information content (AvgIpc) is 3.28. The zero-order valence-electron chi connectivity index (χ0n) is 16.1. The number of amides is 1. The van der Waals surface area contributed by atoms with Crippen LogP contribution in [0.2, 0.25) is 5.02 Å². The molecule has 1 amide bonds. The molecule has 2 aromatic heterocycles. The predicted octanol–water partition coefficient (Wildman–Crippen LogP) is 5.40. The Morgan fingerprint density at radius 1 is 1.17 bits per heavy atom. The van der Waals surface area contributed by atoms with Crippen molar-refractivity contribution >= 4 is 34.3 Å². The molecule has 4 aromatic rings. The predicted molar refractivity (Wildman–Crippen MR) is 110 cm³/mol. The number of aromatic nitrogens is 2. The highest BCUT2D eigenvalue weighted by atomic mass is 35.5. The van der Waals surface area contributed by atoms with Gasteiger partial charge >= 0.3 is 0 Å². The number of anilines is 1. The van der Waals surface area contributed by atoms with Crippen LogP contribution >= 0.6 is 11.6 Å². The van der Waals surface area contributed by atoms with E-state index in [1.807, 2.05) is 44.2 Å². The third-order valence-electron chi connectivity index (χ3n) is 4.58. The first-order valence-electron chi connectivity index (χ1n) is 9.04. The van der Waals surface area contributed by atoms with Gasteiger partial charge in [-0.05, 0) is 73.0 Å². The Balaban J connectivity index is 1.62. The molecular weight excluding hydrogens is 394 g/mol. The normalized spacial score (nSPS) is 11.0. The van der Waals surface area contributed by atoms with Gasteiger partial charge < -0.3 is 9.15 Å². The van der Waals surface area contributed by atoms with E-state index in [1.165, 1.54) is 0 Å². The van der Waals surface area contributed by atoms with Crippen LogP contribution in [0.15, 0.2) is 45.4 Å². The standard InChI is InChI=1S/C21H18ClN3O4/c1-4-27-14-7-5-13(6-8-14)18-20(25-29-24-18)23-21(26)19-12(3)15-10-16(22)11(2)9-17(15)28-19/h5-10H,4H2,1-3H3,(H,23,25,26). The fourth-order valence-electron chi connectivity index (χ4n) is 3.06. The van der Waals surface area contributed by atoms with E-state index in [1.54, 1.807) is 13.0 Å². The monoisotopic (exact) mass is 411 g/mol. The summed E-state index contributed by atoms with van der Waals surface area (Å²) >= 11 is 6.20. The van der Waals surface area contributed by atoms with Gasteiger partial charge in [0.1, 0.15) is 11.3 Å². The zero-order chi connectivity index (χ0) is 20.5. The van der Waals surface area contributed by atoms with Crippen molar-refractivity contribution in [1.29, 1.82) is 0 Å². The van der Waals surface area contributed by atoms with Gasteiger partial charge in [-0.25, -0.2) is 4.63 Å². The van der Waals surface area contributed by atoms with Crippen molar-refractivity contribution in [2.24, 2.45) is 0 Å².